The minimum Gasteiger partial charge on any atom is -0.383 e. The van der Waals surface area contributed by atoms with Gasteiger partial charge in [-0.2, -0.15) is 0 Å². The largest absolute Gasteiger partial charge is 0.383 e. The Morgan fingerprint density at radius 2 is 1.93 bits per heavy atom. The van der Waals surface area contributed by atoms with E-state index in [-0.39, 0.29) is 0 Å². The molecule has 0 bridgehead atoms. The minimum atomic E-state index is -0.507. The molecule has 2 rings (SSSR count). The van der Waals surface area contributed by atoms with Gasteiger partial charge in [-0.3, -0.25) is 0 Å². The molecule has 0 aliphatic rings. The third-order valence-electron chi connectivity index (χ3n) is 1.97. The van der Waals surface area contributed by atoms with Crippen LogP contribution in [-0.2, 0) is 0 Å². The molecule has 0 saturated carbocycles. The highest BCUT2D eigenvalue weighted by Crippen LogP contribution is 2.29. The lowest BCUT2D eigenvalue weighted by molar-refractivity contribution is 0.224. The Labute approximate surface area is 95.2 Å². The van der Waals surface area contributed by atoms with E-state index in [0.29, 0.717) is 0 Å². The van der Waals surface area contributed by atoms with Gasteiger partial charge in [0.15, 0.2) is 0 Å². The van der Waals surface area contributed by atoms with E-state index >= 15 is 0 Å². The molecule has 1 atom stereocenters. The average molecular weight is 269 g/mol. The van der Waals surface area contributed by atoms with Crippen molar-refractivity contribution < 1.29 is 5.11 Å². The van der Waals surface area contributed by atoms with E-state index in [1.54, 1.807) is 11.3 Å². The van der Waals surface area contributed by atoms with Crippen LogP contribution in [0.5, 0.6) is 0 Å². The first-order valence-electron chi connectivity index (χ1n) is 4.24. The third kappa shape index (κ3) is 2.05. The van der Waals surface area contributed by atoms with Gasteiger partial charge in [-0.1, -0.05) is 30.3 Å². The zero-order chi connectivity index (χ0) is 9.97. The van der Waals surface area contributed by atoms with E-state index in [1.165, 1.54) is 0 Å². The Morgan fingerprint density at radius 1 is 1.21 bits per heavy atom. The van der Waals surface area contributed by atoms with Gasteiger partial charge in [0.25, 0.3) is 0 Å². The van der Waals surface area contributed by atoms with Crippen molar-refractivity contribution in [2.45, 2.75) is 6.10 Å². The number of benzene rings is 1. The fourth-order valence-corrected chi connectivity index (χ4v) is 2.73. The van der Waals surface area contributed by atoms with Gasteiger partial charge in [0.1, 0.15) is 6.10 Å². The predicted octanol–water partition coefficient (Wildman–Crippen LogP) is 3.59. The van der Waals surface area contributed by atoms with E-state index < -0.39 is 6.10 Å². The molecular weight excluding hydrogens is 260 g/mol. The Balaban J connectivity index is 2.29. The van der Waals surface area contributed by atoms with Gasteiger partial charge in [0.05, 0.1) is 0 Å². The maximum Gasteiger partial charge on any atom is 0.113 e. The van der Waals surface area contributed by atoms with Gasteiger partial charge >= 0.3 is 0 Å². The molecule has 0 radical (unpaired) electrons. The van der Waals surface area contributed by atoms with Crippen LogP contribution in [0.3, 0.4) is 0 Å². The smallest absolute Gasteiger partial charge is 0.113 e. The number of halogens is 1. The number of rotatable bonds is 2. The van der Waals surface area contributed by atoms with Crippen molar-refractivity contribution in [3.8, 4) is 0 Å². The van der Waals surface area contributed by atoms with Crippen LogP contribution >= 0.6 is 27.3 Å². The number of hydrogen-bond donors (Lipinski definition) is 1. The molecule has 1 aromatic heterocycles. The molecule has 0 spiro atoms. The van der Waals surface area contributed by atoms with Crippen molar-refractivity contribution in [3.05, 3.63) is 56.7 Å². The lowest BCUT2D eigenvalue weighted by atomic mass is 10.1. The molecule has 0 aliphatic carbocycles. The fraction of sp³-hybridized carbons (Fsp3) is 0.0909. The molecule has 0 amide bonds. The zero-order valence-corrected chi connectivity index (χ0v) is 9.75. The number of aliphatic hydroxyl groups excluding tert-OH is 1. The van der Waals surface area contributed by atoms with Crippen molar-refractivity contribution in [3.63, 3.8) is 0 Å². The molecule has 1 aromatic carbocycles. The third-order valence-corrected chi connectivity index (χ3v) is 3.72. The Bertz CT molecular complexity index is 410. The van der Waals surface area contributed by atoms with Gasteiger partial charge in [-0.25, -0.2) is 0 Å². The summed E-state index contributed by atoms with van der Waals surface area (Å²) in [6.45, 7) is 0. The molecule has 0 saturated heterocycles. The maximum atomic E-state index is 9.99. The standard InChI is InChI=1S/C11H9BrOS/c12-9-6-10(14-7-9)11(13)8-4-2-1-3-5-8/h1-7,11,13H/t11-/m0/s1. The van der Waals surface area contributed by atoms with Crippen LogP contribution in [0.1, 0.15) is 16.5 Å². The summed E-state index contributed by atoms with van der Waals surface area (Å²) in [5.41, 5.74) is 0.932. The summed E-state index contributed by atoms with van der Waals surface area (Å²) < 4.78 is 1.02. The SMILES string of the molecule is O[C@@H](c1ccccc1)c1cc(Br)cs1. The van der Waals surface area contributed by atoms with Gasteiger partial charge in [-0.15, -0.1) is 11.3 Å². The molecule has 0 unspecified atom stereocenters. The summed E-state index contributed by atoms with van der Waals surface area (Å²) in [5, 5.41) is 12.0. The van der Waals surface area contributed by atoms with Gasteiger partial charge < -0.3 is 5.11 Å². The quantitative estimate of drug-likeness (QED) is 0.883. The molecule has 72 valence electrons. The molecule has 14 heavy (non-hydrogen) atoms. The lowest BCUT2D eigenvalue weighted by Gasteiger charge is -2.07. The van der Waals surface area contributed by atoms with Gasteiger partial charge in [-0.05, 0) is 27.6 Å². The molecule has 1 heterocycles. The van der Waals surface area contributed by atoms with Crippen LogP contribution in [-0.4, -0.2) is 5.11 Å². The maximum absolute atomic E-state index is 9.99. The van der Waals surface area contributed by atoms with E-state index in [2.05, 4.69) is 15.9 Å². The minimum absolute atomic E-state index is 0.507. The Kier molecular flexibility index (Phi) is 3.01. The first kappa shape index (κ1) is 9.90. The highest BCUT2D eigenvalue weighted by molar-refractivity contribution is 9.10. The van der Waals surface area contributed by atoms with Crippen molar-refractivity contribution in [1.29, 1.82) is 0 Å². The number of hydrogen-bond acceptors (Lipinski definition) is 2. The topological polar surface area (TPSA) is 20.2 Å². The molecule has 1 nitrogen and oxygen atoms in total. The number of aliphatic hydroxyl groups is 1. The average Bonchev–Trinajstić information content (AvgIpc) is 2.65. The van der Waals surface area contributed by atoms with Crippen molar-refractivity contribution in [1.82, 2.24) is 0 Å². The normalized spacial score (nSPS) is 12.7. The fourth-order valence-electron chi connectivity index (χ4n) is 1.27. The van der Waals surface area contributed by atoms with Crippen LogP contribution in [0.15, 0.2) is 46.3 Å². The van der Waals surface area contributed by atoms with Crippen LogP contribution < -0.4 is 0 Å². The lowest BCUT2D eigenvalue weighted by Crippen LogP contribution is -1.95. The van der Waals surface area contributed by atoms with Crippen LogP contribution in [0.4, 0.5) is 0 Å². The van der Waals surface area contributed by atoms with Crippen molar-refractivity contribution in [2.24, 2.45) is 0 Å². The van der Waals surface area contributed by atoms with E-state index in [0.717, 1.165) is 14.9 Å². The first-order valence-corrected chi connectivity index (χ1v) is 5.91. The second kappa shape index (κ2) is 4.26. The van der Waals surface area contributed by atoms with Gasteiger partial charge in [0, 0.05) is 14.7 Å². The second-order valence-corrected chi connectivity index (χ2v) is 4.84. The summed E-state index contributed by atoms with van der Waals surface area (Å²) in [6, 6.07) is 11.6. The molecule has 0 aliphatic heterocycles. The highest BCUT2D eigenvalue weighted by Gasteiger charge is 2.11. The zero-order valence-electron chi connectivity index (χ0n) is 7.35. The van der Waals surface area contributed by atoms with Crippen molar-refractivity contribution in [2.75, 3.05) is 0 Å². The second-order valence-electron chi connectivity index (χ2n) is 2.98. The van der Waals surface area contributed by atoms with Crippen LogP contribution in [0.25, 0.3) is 0 Å². The Hall–Kier alpha value is -0.640. The Morgan fingerprint density at radius 3 is 2.50 bits per heavy atom. The van der Waals surface area contributed by atoms with Crippen molar-refractivity contribution >= 4 is 27.3 Å². The molecule has 0 fully saturated rings. The van der Waals surface area contributed by atoms with Gasteiger partial charge in [0.2, 0.25) is 0 Å². The summed E-state index contributed by atoms with van der Waals surface area (Å²) in [5.74, 6) is 0. The molecule has 2 aromatic rings. The summed E-state index contributed by atoms with van der Waals surface area (Å²) >= 11 is 4.93. The van der Waals surface area contributed by atoms with E-state index in [9.17, 15) is 5.11 Å². The van der Waals surface area contributed by atoms with Crippen LogP contribution in [0.2, 0.25) is 0 Å². The predicted molar refractivity (Wildman–Crippen MR) is 62.5 cm³/mol. The first-order chi connectivity index (χ1) is 6.77. The summed E-state index contributed by atoms with van der Waals surface area (Å²) in [4.78, 5) is 0.961. The molecule has 1 N–H and O–H groups in total. The van der Waals surface area contributed by atoms with E-state index in [1.807, 2.05) is 41.8 Å². The highest BCUT2D eigenvalue weighted by atomic mass is 79.9. The van der Waals surface area contributed by atoms with E-state index in [4.69, 9.17) is 0 Å². The van der Waals surface area contributed by atoms with Crippen LogP contribution in [0, 0.1) is 0 Å². The molecular formula is C11H9BrOS. The molecule has 3 heteroatoms. The number of thiophene rings is 1. The summed E-state index contributed by atoms with van der Waals surface area (Å²) in [7, 11) is 0. The monoisotopic (exact) mass is 268 g/mol. The summed E-state index contributed by atoms with van der Waals surface area (Å²) in [6.07, 6.45) is -0.507.